The number of benzene rings is 1. The number of aromatic nitrogens is 2. The second kappa shape index (κ2) is 5.93. The van der Waals surface area contributed by atoms with E-state index in [0.717, 1.165) is 11.4 Å². The van der Waals surface area contributed by atoms with Crippen LogP contribution in [0.2, 0.25) is 5.15 Å². The van der Waals surface area contributed by atoms with Crippen LogP contribution >= 0.6 is 23.4 Å². The molecule has 0 bridgehead atoms. The lowest BCUT2D eigenvalue weighted by atomic mass is 9.87. The van der Waals surface area contributed by atoms with Crippen LogP contribution in [0.1, 0.15) is 32.0 Å². The molecule has 0 aliphatic carbocycles. The first kappa shape index (κ1) is 14.4. The minimum Gasteiger partial charge on any atom is -0.256 e. The Morgan fingerprint density at radius 1 is 1.05 bits per heavy atom. The monoisotopic (exact) mass is 292 g/mol. The Hall–Kier alpha value is -1.06. The van der Waals surface area contributed by atoms with Gasteiger partial charge in [0, 0.05) is 10.6 Å². The average Bonchev–Trinajstić information content (AvgIpc) is 2.37. The molecular weight excluding hydrogens is 276 g/mol. The fourth-order valence-corrected chi connectivity index (χ4v) is 2.51. The first-order valence-corrected chi connectivity index (χ1v) is 7.51. The fraction of sp³-hybridized carbons (Fsp3) is 0.333. The van der Waals surface area contributed by atoms with Crippen molar-refractivity contribution in [1.82, 2.24) is 9.97 Å². The van der Waals surface area contributed by atoms with Gasteiger partial charge in [0.1, 0.15) is 5.15 Å². The SMILES string of the molecule is CC(C)(C)c1ccc(SCc2cnc(Cl)cn2)cc1. The third-order valence-electron chi connectivity index (χ3n) is 2.78. The quantitative estimate of drug-likeness (QED) is 0.766. The number of hydrogen-bond acceptors (Lipinski definition) is 3. The van der Waals surface area contributed by atoms with Crippen molar-refractivity contribution < 1.29 is 0 Å². The van der Waals surface area contributed by atoms with Gasteiger partial charge in [-0.1, -0.05) is 44.5 Å². The van der Waals surface area contributed by atoms with Crippen LogP contribution in [0.4, 0.5) is 0 Å². The summed E-state index contributed by atoms with van der Waals surface area (Å²) in [6.45, 7) is 6.66. The summed E-state index contributed by atoms with van der Waals surface area (Å²) in [6, 6.07) is 8.70. The Balaban J connectivity index is 1.98. The zero-order chi connectivity index (χ0) is 13.9. The summed E-state index contributed by atoms with van der Waals surface area (Å²) in [4.78, 5) is 9.50. The average molecular weight is 293 g/mol. The fourth-order valence-electron chi connectivity index (χ4n) is 1.62. The van der Waals surface area contributed by atoms with E-state index in [1.807, 2.05) is 0 Å². The van der Waals surface area contributed by atoms with Crippen LogP contribution in [0.3, 0.4) is 0 Å². The molecule has 1 aromatic carbocycles. The zero-order valence-electron chi connectivity index (χ0n) is 11.4. The molecule has 0 amide bonds. The van der Waals surface area contributed by atoms with E-state index in [9.17, 15) is 0 Å². The lowest BCUT2D eigenvalue weighted by Crippen LogP contribution is -2.10. The first-order chi connectivity index (χ1) is 8.95. The molecule has 1 heterocycles. The van der Waals surface area contributed by atoms with Gasteiger partial charge in [0.15, 0.2) is 0 Å². The lowest BCUT2D eigenvalue weighted by Gasteiger charge is -2.19. The number of hydrogen-bond donors (Lipinski definition) is 0. The van der Waals surface area contributed by atoms with Gasteiger partial charge in [-0.3, -0.25) is 4.98 Å². The second-order valence-electron chi connectivity index (χ2n) is 5.39. The Bertz CT molecular complexity index is 530. The van der Waals surface area contributed by atoms with Crippen molar-refractivity contribution in [1.29, 1.82) is 0 Å². The highest BCUT2D eigenvalue weighted by molar-refractivity contribution is 7.98. The third kappa shape index (κ3) is 4.22. The van der Waals surface area contributed by atoms with E-state index in [2.05, 4.69) is 55.0 Å². The van der Waals surface area contributed by atoms with E-state index < -0.39 is 0 Å². The first-order valence-electron chi connectivity index (χ1n) is 6.15. The van der Waals surface area contributed by atoms with Crippen molar-refractivity contribution >= 4 is 23.4 Å². The molecule has 1 aromatic heterocycles. The minimum atomic E-state index is 0.199. The number of thioether (sulfide) groups is 1. The molecule has 0 saturated heterocycles. The van der Waals surface area contributed by atoms with Crippen LogP contribution in [0, 0.1) is 0 Å². The maximum absolute atomic E-state index is 5.71. The third-order valence-corrected chi connectivity index (χ3v) is 4.02. The summed E-state index contributed by atoms with van der Waals surface area (Å²) in [5.74, 6) is 0.805. The molecule has 0 radical (unpaired) electrons. The van der Waals surface area contributed by atoms with E-state index in [4.69, 9.17) is 11.6 Å². The molecule has 4 heteroatoms. The van der Waals surface area contributed by atoms with Crippen LogP contribution in [0.25, 0.3) is 0 Å². The van der Waals surface area contributed by atoms with Crippen LogP contribution in [-0.4, -0.2) is 9.97 Å². The Labute approximate surface area is 123 Å². The van der Waals surface area contributed by atoms with Crippen molar-refractivity contribution in [2.24, 2.45) is 0 Å². The van der Waals surface area contributed by atoms with Crippen molar-refractivity contribution in [2.45, 2.75) is 36.8 Å². The van der Waals surface area contributed by atoms with Crippen LogP contribution in [-0.2, 0) is 11.2 Å². The van der Waals surface area contributed by atoms with Gasteiger partial charge in [-0.2, -0.15) is 0 Å². The number of nitrogens with zero attached hydrogens (tertiary/aromatic N) is 2. The van der Waals surface area contributed by atoms with Crippen molar-refractivity contribution in [3.05, 3.63) is 53.1 Å². The molecule has 0 fully saturated rings. The largest absolute Gasteiger partial charge is 0.256 e. The van der Waals surface area contributed by atoms with Crippen molar-refractivity contribution in [3.8, 4) is 0 Å². The topological polar surface area (TPSA) is 25.8 Å². The van der Waals surface area contributed by atoms with Gasteiger partial charge in [0.25, 0.3) is 0 Å². The highest BCUT2D eigenvalue weighted by Gasteiger charge is 2.12. The second-order valence-corrected chi connectivity index (χ2v) is 6.83. The predicted octanol–water partition coefficient (Wildman–Crippen LogP) is 4.72. The zero-order valence-corrected chi connectivity index (χ0v) is 12.9. The molecule has 2 rings (SSSR count). The van der Waals surface area contributed by atoms with Crippen molar-refractivity contribution in [2.75, 3.05) is 0 Å². The van der Waals surface area contributed by atoms with E-state index in [1.54, 1.807) is 24.2 Å². The smallest absolute Gasteiger partial charge is 0.147 e. The van der Waals surface area contributed by atoms with E-state index in [0.29, 0.717) is 5.15 Å². The Morgan fingerprint density at radius 3 is 2.26 bits per heavy atom. The summed E-state index contributed by atoms with van der Waals surface area (Å²) in [5.41, 5.74) is 2.49. The minimum absolute atomic E-state index is 0.199. The maximum Gasteiger partial charge on any atom is 0.147 e. The van der Waals surface area contributed by atoms with Gasteiger partial charge in [-0.25, -0.2) is 4.98 Å². The molecule has 0 spiro atoms. The van der Waals surface area contributed by atoms with Gasteiger partial charge >= 0.3 is 0 Å². The molecule has 0 atom stereocenters. The van der Waals surface area contributed by atoms with Crippen LogP contribution < -0.4 is 0 Å². The number of halogens is 1. The molecule has 0 aliphatic rings. The Kier molecular flexibility index (Phi) is 4.48. The molecule has 0 unspecified atom stereocenters. The molecule has 2 nitrogen and oxygen atoms in total. The Morgan fingerprint density at radius 2 is 1.74 bits per heavy atom. The summed E-state index contributed by atoms with van der Waals surface area (Å²) in [6.07, 6.45) is 3.30. The van der Waals surface area contributed by atoms with E-state index in [1.165, 1.54) is 10.5 Å². The molecule has 0 N–H and O–H groups in total. The van der Waals surface area contributed by atoms with E-state index in [-0.39, 0.29) is 5.41 Å². The molecule has 100 valence electrons. The summed E-state index contributed by atoms with van der Waals surface area (Å²) in [5, 5.41) is 0.434. The standard InChI is InChI=1S/C15H17ClN2S/c1-15(2,3)11-4-6-13(7-5-11)19-10-12-8-18-14(16)9-17-12/h4-9H,10H2,1-3H3. The van der Waals surface area contributed by atoms with Gasteiger partial charge in [-0.15, -0.1) is 11.8 Å². The summed E-state index contributed by atoms with van der Waals surface area (Å²) >= 11 is 7.46. The number of rotatable bonds is 3. The van der Waals surface area contributed by atoms with Crippen LogP contribution in [0.15, 0.2) is 41.6 Å². The highest BCUT2D eigenvalue weighted by Crippen LogP contribution is 2.27. The molecular formula is C15H17ClN2S. The van der Waals surface area contributed by atoms with Gasteiger partial charge in [0.2, 0.25) is 0 Å². The molecule has 0 saturated carbocycles. The van der Waals surface area contributed by atoms with Gasteiger partial charge in [-0.05, 0) is 23.1 Å². The maximum atomic E-state index is 5.71. The van der Waals surface area contributed by atoms with Gasteiger partial charge in [0.05, 0.1) is 18.1 Å². The van der Waals surface area contributed by atoms with E-state index >= 15 is 0 Å². The molecule has 2 aromatic rings. The highest BCUT2D eigenvalue weighted by atomic mass is 35.5. The summed E-state index contributed by atoms with van der Waals surface area (Å²) in [7, 11) is 0. The lowest BCUT2D eigenvalue weighted by molar-refractivity contribution is 0.590. The predicted molar refractivity (Wildman–Crippen MR) is 81.7 cm³/mol. The molecule has 19 heavy (non-hydrogen) atoms. The summed E-state index contributed by atoms with van der Waals surface area (Å²) < 4.78 is 0. The van der Waals surface area contributed by atoms with Gasteiger partial charge < -0.3 is 0 Å². The normalized spacial score (nSPS) is 11.6. The molecule has 0 aliphatic heterocycles. The van der Waals surface area contributed by atoms with Crippen LogP contribution in [0.5, 0.6) is 0 Å². The van der Waals surface area contributed by atoms with Crippen molar-refractivity contribution in [3.63, 3.8) is 0 Å².